The Morgan fingerprint density at radius 1 is 0.673 bits per heavy atom. The van der Waals surface area contributed by atoms with Crippen molar-refractivity contribution in [3.05, 3.63) is 157 Å². The molecule has 4 aromatic carbocycles. The van der Waals surface area contributed by atoms with Crippen LogP contribution in [0.15, 0.2) is 109 Å². The molecule has 52 heavy (non-hydrogen) atoms. The summed E-state index contributed by atoms with van der Waals surface area (Å²) in [5, 5.41) is 9.03. The maximum absolute atomic E-state index is 13.0. The Bertz CT molecular complexity index is 1900. The van der Waals surface area contributed by atoms with Gasteiger partial charge in [-0.1, -0.05) is 94.9 Å². The minimum atomic E-state index is -1.01. The Hall–Kier alpha value is -4.38. The number of hydrogen-bond acceptors (Lipinski definition) is 7. The first-order valence-electron chi connectivity index (χ1n) is 16.3. The predicted octanol–water partition coefficient (Wildman–Crippen LogP) is 8.24. The molecule has 0 saturated carbocycles. The molecule has 2 atom stereocenters. The molecule has 0 aliphatic carbocycles. The normalized spacial score (nSPS) is 12.0. The number of halogens is 4. The molecule has 272 valence electrons. The van der Waals surface area contributed by atoms with E-state index in [0.29, 0.717) is 25.8 Å². The number of amides is 1. The monoisotopic (exact) mass is 782 g/mol. The Kier molecular flexibility index (Phi) is 15.1. The van der Waals surface area contributed by atoms with Gasteiger partial charge in [0.15, 0.2) is 0 Å². The van der Waals surface area contributed by atoms with Gasteiger partial charge in [-0.2, -0.15) is 5.10 Å². The number of carbonyl (C=O) groups is 3. The van der Waals surface area contributed by atoms with Crippen LogP contribution in [0.1, 0.15) is 58.4 Å². The predicted molar refractivity (Wildman–Crippen MR) is 205 cm³/mol. The van der Waals surface area contributed by atoms with Crippen LogP contribution in [0, 0.1) is 0 Å². The average Bonchev–Trinajstić information content (AvgIpc) is 3.54. The van der Waals surface area contributed by atoms with Crippen molar-refractivity contribution in [3.63, 3.8) is 0 Å². The summed E-state index contributed by atoms with van der Waals surface area (Å²) in [6, 6.07) is 28.6. The highest BCUT2D eigenvalue weighted by Crippen LogP contribution is 2.33. The molecule has 0 radical (unpaired) electrons. The van der Waals surface area contributed by atoms with Gasteiger partial charge in [-0.25, -0.2) is 4.79 Å². The van der Waals surface area contributed by atoms with Gasteiger partial charge in [0, 0.05) is 45.2 Å². The van der Waals surface area contributed by atoms with E-state index in [1.807, 2.05) is 36.4 Å². The van der Waals surface area contributed by atoms with Crippen molar-refractivity contribution in [2.75, 3.05) is 13.2 Å². The number of ether oxygens (including phenoxy) is 2. The summed E-state index contributed by atoms with van der Waals surface area (Å²) >= 11 is 24.6. The lowest BCUT2D eigenvalue weighted by Crippen LogP contribution is -2.46. The van der Waals surface area contributed by atoms with E-state index < -0.39 is 35.8 Å². The van der Waals surface area contributed by atoms with E-state index in [2.05, 4.69) is 10.4 Å². The van der Waals surface area contributed by atoms with Crippen LogP contribution in [-0.4, -0.2) is 52.9 Å². The Balaban J connectivity index is 0.000000244. The zero-order valence-electron chi connectivity index (χ0n) is 28.6. The number of aryl methyl sites for hydroxylation is 1. The lowest BCUT2D eigenvalue weighted by atomic mass is 9.84. The highest BCUT2D eigenvalue weighted by molar-refractivity contribution is 6.31. The van der Waals surface area contributed by atoms with Crippen LogP contribution in [0.25, 0.3) is 0 Å². The van der Waals surface area contributed by atoms with Gasteiger partial charge in [0.1, 0.15) is 17.8 Å². The molecule has 5 rings (SSSR count). The molecule has 0 bridgehead atoms. The van der Waals surface area contributed by atoms with Gasteiger partial charge < -0.3 is 20.5 Å². The first kappa shape index (κ1) is 40.4. The minimum Gasteiger partial charge on any atom is -0.465 e. The first-order valence-corrected chi connectivity index (χ1v) is 17.8. The Labute approximate surface area is 322 Å². The zero-order chi connectivity index (χ0) is 37.8. The number of esters is 2. The molecule has 9 nitrogen and oxygen atoms in total. The molecule has 2 unspecified atom stereocenters. The molecule has 3 N–H and O–H groups in total. The lowest BCUT2D eigenvalue weighted by Gasteiger charge is -2.27. The molecule has 0 fully saturated rings. The summed E-state index contributed by atoms with van der Waals surface area (Å²) in [5.41, 5.74) is 9.64. The maximum Gasteiger partial charge on any atom is 0.329 e. The van der Waals surface area contributed by atoms with E-state index in [0.717, 1.165) is 22.3 Å². The molecule has 1 amide bonds. The molecule has 13 heteroatoms. The number of nitrogens with zero attached hydrogens (tertiary/aromatic N) is 2. The van der Waals surface area contributed by atoms with Crippen LogP contribution >= 0.6 is 46.4 Å². The molecular formula is C39H38Cl4N4O5. The van der Waals surface area contributed by atoms with Crippen molar-refractivity contribution in [1.29, 1.82) is 0 Å². The van der Waals surface area contributed by atoms with Gasteiger partial charge in [0.05, 0.1) is 13.2 Å². The SMILES string of the molecule is CCOC(=O)C(N)C(c1cccc(Cl)c1)c1cccc(Cl)c1.CCOC(=O)C(NC(=O)c1ccnn1C)C(c1cccc(Cl)c1)c1cccc(Cl)c1. The molecule has 0 aliphatic rings. The van der Waals surface area contributed by atoms with Crippen molar-refractivity contribution in [1.82, 2.24) is 15.1 Å². The molecule has 5 aromatic rings. The minimum absolute atomic E-state index is 0.175. The standard InChI is InChI=1S/C22H21Cl2N3O3.C17H17Cl2NO2/c1-3-30-22(29)20(26-21(28)18-10-11-25-27(18)2)19(14-6-4-8-16(23)12-14)15-7-5-9-17(24)13-15;1-2-22-17(21)16(20)15(11-5-3-7-13(18)9-11)12-6-4-8-14(19)10-12/h4-13,19-20H,3H2,1-2H3,(H,26,28);3-10,15-16H,2,20H2,1H3. The quantitative estimate of drug-likeness (QED) is 0.122. The van der Waals surface area contributed by atoms with Crippen LogP contribution in [0.3, 0.4) is 0 Å². The second-order valence-electron chi connectivity index (χ2n) is 11.5. The first-order chi connectivity index (χ1) is 24.9. The zero-order valence-corrected chi connectivity index (χ0v) is 31.7. The van der Waals surface area contributed by atoms with E-state index in [1.165, 1.54) is 10.9 Å². The Morgan fingerprint density at radius 2 is 1.08 bits per heavy atom. The van der Waals surface area contributed by atoms with E-state index in [9.17, 15) is 14.4 Å². The second-order valence-corrected chi connectivity index (χ2v) is 13.2. The fourth-order valence-corrected chi connectivity index (χ4v) is 6.48. The smallest absolute Gasteiger partial charge is 0.329 e. The number of nitrogens with two attached hydrogens (primary N) is 1. The van der Waals surface area contributed by atoms with Crippen LogP contribution < -0.4 is 11.1 Å². The van der Waals surface area contributed by atoms with E-state index >= 15 is 0 Å². The van der Waals surface area contributed by atoms with Crippen molar-refractivity contribution in [2.24, 2.45) is 12.8 Å². The molecule has 1 heterocycles. The van der Waals surface area contributed by atoms with E-state index in [4.69, 9.17) is 61.6 Å². The van der Waals surface area contributed by atoms with Crippen molar-refractivity contribution in [2.45, 2.75) is 37.8 Å². The van der Waals surface area contributed by atoms with Crippen molar-refractivity contribution < 1.29 is 23.9 Å². The molecule has 0 spiro atoms. The topological polar surface area (TPSA) is 126 Å². The third-order valence-electron chi connectivity index (χ3n) is 7.96. The van der Waals surface area contributed by atoms with Crippen LogP contribution in [0.4, 0.5) is 0 Å². The summed E-state index contributed by atoms with van der Waals surface area (Å²) in [7, 11) is 1.65. The number of benzene rings is 4. The van der Waals surface area contributed by atoms with Gasteiger partial charge in [0.25, 0.3) is 5.91 Å². The highest BCUT2D eigenvalue weighted by atomic mass is 35.5. The highest BCUT2D eigenvalue weighted by Gasteiger charge is 2.35. The lowest BCUT2D eigenvalue weighted by molar-refractivity contribution is -0.146. The van der Waals surface area contributed by atoms with Gasteiger partial charge in [-0.05, 0) is 90.7 Å². The van der Waals surface area contributed by atoms with Crippen LogP contribution in [0.5, 0.6) is 0 Å². The largest absolute Gasteiger partial charge is 0.465 e. The van der Waals surface area contributed by atoms with Gasteiger partial charge in [-0.15, -0.1) is 0 Å². The fraction of sp³-hybridized carbons (Fsp3) is 0.231. The molecule has 0 saturated heterocycles. The third kappa shape index (κ3) is 10.8. The number of hydrogen-bond donors (Lipinski definition) is 2. The molecular weight excluding hydrogens is 746 g/mol. The molecule has 1 aromatic heterocycles. The van der Waals surface area contributed by atoms with Gasteiger partial charge in [-0.3, -0.25) is 14.3 Å². The summed E-state index contributed by atoms with van der Waals surface area (Å²) in [6.07, 6.45) is 1.51. The van der Waals surface area contributed by atoms with E-state index in [-0.39, 0.29) is 19.1 Å². The number of carbonyl (C=O) groups excluding carboxylic acids is 3. The third-order valence-corrected chi connectivity index (χ3v) is 8.90. The maximum atomic E-state index is 13.0. The second kappa shape index (κ2) is 19.5. The van der Waals surface area contributed by atoms with Crippen molar-refractivity contribution >= 4 is 64.2 Å². The van der Waals surface area contributed by atoms with Crippen LogP contribution in [0.2, 0.25) is 20.1 Å². The van der Waals surface area contributed by atoms with Gasteiger partial charge in [0.2, 0.25) is 0 Å². The van der Waals surface area contributed by atoms with Crippen molar-refractivity contribution in [3.8, 4) is 0 Å². The summed E-state index contributed by atoms with van der Waals surface area (Å²) < 4.78 is 11.8. The number of rotatable bonds is 12. The van der Waals surface area contributed by atoms with Crippen LogP contribution in [-0.2, 0) is 26.1 Å². The number of nitrogens with one attached hydrogen (secondary N) is 1. The summed E-state index contributed by atoms with van der Waals surface area (Å²) in [4.78, 5) is 38.0. The number of aromatic nitrogens is 2. The summed E-state index contributed by atoms with van der Waals surface area (Å²) in [6.45, 7) is 3.92. The summed E-state index contributed by atoms with van der Waals surface area (Å²) in [5.74, 6) is -2.40. The fourth-order valence-electron chi connectivity index (χ4n) is 5.68. The van der Waals surface area contributed by atoms with E-state index in [1.54, 1.807) is 87.6 Å². The van der Waals surface area contributed by atoms with Gasteiger partial charge >= 0.3 is 11.9 Å². The average molecular weight is 785 g/mol. The Morgan fingerprint density at radius 3 is 1.44 bits per heavy atom. The molecule has 0 aliphatic heterocycles.